The zero-order valence-electron chi connectivity index (χ0n) is 10.4. The summed E-state index contributed by atoms with van der Waals surface area (Å²) in [5.41, 5.74) is 6.85. The summed E-state index contributed by atoms with van der Waals surface area (Å²) in [5.74, 6) is -0.636. The monoisotopic (exact) mass is 357 g/mol. The number of aryl methyl sites for hydroxylation is 1. The second-order valence-electron chi connectivity index (χ2n) is 4.13. The minimum Gasteiger partial charge on any atom is -0.382 e. The van der Waals surface area contributed by atoms with Crippen LogP contribution < -0.4 is 11.1 Å². The smallest absolute Gasteiger partial charge is 0.257 e. The van der Waals surface area contributed by atoms with Gasteiger partial charge in [0, 0.05) is 11.9 Å². The molecule has 1 heterocycles. The lowest BCUT2D eigenvalue weighted by atomic mass is 10.2. The van der Waals surface area contributed by atoms with Gasteiger partial charge in [0.15, 0.2) is 0 Å². The molecule has 104 valence electrons. The first-order valence-corrected chi connectivity index (χ1v) is 6.73. The molecule has 0 aliphatic carbocycles. The molecule has 1 amide bonds. The number of pyridine rings is 1. The number of hydrogen-bond acceptors (Lipinski definition) is 3. The molecule has 0 saturated carbocycles. The lowest BCUT2D eigenvalue weighted by Gasteiger charge is -2.10. The van der Waals surface area contributed by atoms with Gasteiger partial charge < -0.3 is 11.1 Å². The van der Waals surface area contributed by atoms with Gasteiger partial charge in [-0.3, -0.25) is 4.79 Å². The number of carbonyl (C=O) groups is 1. The minimum atomic E-state index is -0.402. The largest absolute Gasteiger partial charge is 0.382 e. The Bertz CT molecular complexity index is 694. The summed E-state index contributed by atoms with van der Waals surface area (Å²) in [6.07, 6.45) is 1.32. The van der Waals surface area contributed by atoms with Crippen molar-refractivity contribution in [1.82, 2.24) is 4.98 Å². The molecule has 0 bridgehead atoms. The molecule has 0 aliphatic heterocycles. The van der Waals surface area contributed by atoms with Crippen LogP contribution in [0.2, 0.25) is 5.02 Å². The highest BCUT2D eigenvalue weighted by atomic mass is 79.9. The maximum atomic E-state index is 13.3. The van der Waals surface area contributed by atoms with Crippen molar-refractivity contribution in [2.45, 2.75) is 6.92 Å². The zero-order chi connectivity index (χ0) is 14.9. The van der Waals surface area contributed by atoms with E-state index in [1.807, 2.05) is 0 Å². The van der Waals surface area contributed by atoms with Crippen molar-refractivity contribution in [2.75, 3.05) is 11.1 Å². The molecule has 2 aromatic rings. The third kappa shape index (κ3) is 3.08. The molecule has 3 N–H and O–H groups in total. The molecule has 2 rings (SSSR count). The Balaban J connectivity index is 2.27. The Hall–Kier alpha value is -1.66. The van der Waals surface area contributed by atoms with Gasteiger partial charge >= 0.3 is 0 Å². The number of nitrogens with two attached hydrogens (primary N) is 1. The van der Waals surface area contributed by atoms with Crippen LogP contribution in [0.15, 0.2) is 28.9 Å². The lowest BCUT2D eigenvalue weighted by Crippen LogP contribution is -2.13. The van der Waals surface area contributed by atoms with Gasteiger partial charge in [-0.25, -0.2) is 9.37 Å². The van der Waals surface area contributed by atoms with Crippen LogP contribution >= 0.6 is 27.5 Å². The first-order chi connectivity index (χ1) is 9.38. The second-order valence-corrected chi connectivity index (χ2v) is 5.39. The van der Waals surface area contributed by atoms with Gasteiger partial charge in [0.25, 0.3) is 5.91 Å². The normalized spacial score (nSPS) is 10.4. The Morgan fingerprint density at radius 2 is 2.15 bits per heavy atom. The number of halogens is 3. The molecule has 0 atom stereocenters. The van der Waals surface area contributed by atoms with Crippen molar-refractivity contribution in [1.29, 1.82) is 0 Å². The van der Waals surface area contributed by atoms with E-state index in [4.69, 9.17) is 17.3 Å². The molecule has 0 spiro atoms. The number of carbonyl (C=O) groups excluding carboxylic acids is 1. The number of benzene rings is 1. The van der Waals surface area contributed by atoms with E-state index in [0.717, 1.165) is 0 Å². The molecule has 7 heteroatoms. The van der Waals surface area contributed by atoms with Crippen LogP contribution in [0.5, 0.6) is 0 Å². The predicted molar refractivity (Wildman–Crippen MR) is 80.4 cm³/mol. The number of nitrogen functional groups attached to an aromatic ring is 1. The van der Waals surface area contributed by atoms with Crippen molar-refractivity contribution in [3.63, 3.8) is 0 Å². The van der Waals surface area contributed by atoms with Crippen LogP contribution in [0, 0.1) is 12.7 Å². The SMILES string of the molecule is Cc1cc(F)c(Br)cc1NC(=O)c1cnc(N)c(Cl)c1. The first kappa shape index (κ1) is 14.7. The number of nitrogens with one attached hydrogen (secondary N) is 1. The van der Waals surface area contributed by atoms with Crippen molar-refractivity contribution >= 4 is 44.9 Å². The highest BCUT2D eigenvalue weighted by molar-refractivity contribution is 9.10. The van der Waals surface area contributed by atoms with Gasteiger partial charge in [-0.05, 0) is 46.6 Å². The molecule has 20 heavy (non-hydrogen) atoms. The summed E-state index contributed by atoms with van der Waals surface area (Å²) in [4.78, 5) is 15.9. The van der Waals surface area contributed by atoms with E-state index in [1.165, 1.54) is 24.4 Å². The third-order valence-corrected chi connectivity index (χ3v) is 3.56. The summed E-state index contributed by atoms with van der Waals surface area (Å²) in [6, 6.07) is 4.25. The van der Waals surface area contributed by atoms with Gasteiger partial charge in [0.1, 0.15) is 11.6 Å². The van der Waals surface area contributed by atoms with E-state index in [9.17, 15) is 9.18 Å². The highest BCUT2D eigenvalue weighted by Crippen LogP contribution is 2.25. The van der Waals surface area contributed by atoms with E-state index in [2.05, 4.69) is 26.2 Å². The fraction of sp³-hybridized carbons (Fsp3) is 0.0769. The van der Waals surface area contributed by atoms with E-state index in [1.54, 1.807) is 6.92 Å². The van der Waals surface area contributed by atoms with Gasteiger partial charge in [0.05, 0.1) is 15.1 Å². The number of anilines is 2. The van der Waals surface area contributed by atoms with Crippen molar-refractivity contribution < 1.29 is 9.18 Å². The van der Waals surface area contributed by atoms with E-state index < -0.39 is 11.7 Å². The van der Waals surface area contributed by atoms with Crippen LogP contribution in [0.4, 0.5) is 15.9 Å². The van der Waals surface area contributed by atoms with E-state index in [-0.39, 0.29) is 20.9 Å². The minimum absolute atomic E-state index is 0.156. The molecule has 0 unspecified atom stereocenters. The Labute approximate surface area is 128 Å². The van der Waals surface area contributed by atoms with Gasteiger partial charge in [0.2, 0.25) is 0 Å². The number of amides is 1. The van der Waals surface area contributed by atoms with Crippen LogP contribution in [0.25, 0.3) is 0 Å². The van der Waals surface area contributed by atoms with E-state index in [0.29, 0.717) is 11.3 Å². The van der Waals surface area contributed by atoms with Gasteiger partial charge in [-0.2, -0.15) is 0 Å². The third-order valence-electron chi connectivity index (χ3n) is 2.65. The number of nitrogens with zero attached hydrogens (tertiary/aromatic N) is 1. The average molecular weight is 359 g/mol. The van der Waals surface area contributed by atoms with Crippen LogP contribution in [0.1, 0.15) is 15.9 Å². The van der Waals surface area contributed by atoms with Crippen molar-refractivity contribution in [2.24, 2.45) is 0 Å². The Morgan fingerprint density at radius 3 is 2.80 bits per heavy atom. The summed E-state index contributed by atoms with van der Waals surface area (Å²) >= 11 is 8.88. The molecule has 0 aliphatic rings. The number of rotatable bonds is 2. The summed E-state index contributed by atoms with van der Waals surface area (Å²) in [7, 11) is 0. The van der Waals surface area contributed by atoms with Crippen LogP contribution in [-0.2, 0) is 0 Å². The quantitative estimate of drug-likeness (QED) is 0.858. The zero-order valence-corrected chi connectivity index (χ0v) is 12.7. The molecule has 4 nitrogen and oxygen atoms in total. The summed E-state index contributed by atoms with van der Waals surface area (Å²) in [6.45, 7) is 1.69. The fourth-order valence-electron chi connectivity index (χ4n) is 1.55. The van der Waals surface area contributed by atoms with Crippen molar-refractivity contribution in [3.05, 3.63) is 50.8 Å². The molecule has 1 aromatic heterocycles. The summed E-state index contributed by atoms with van der Waals surface area (Å²) < 4.78 is 13.6. The average Bonchev–Trinajstić information content (AvgIpc) is 2.39. The highest BCUT2D eigenvalue weighted by Gasteiger charge is 2.12. The topological polar surface area (TPSA) is 68.0 Å². The van der Waals surface area contributed by atoms with E-state index >= 15 is 0 Å². The molecule has 0 saturated heterocycles. The molecular formula is C13H10BrClFN3O. The lowest BCUT2D eigenvalue weighted by molar-refractivity contribution is 0.102. The predicted octanol–water partition coefficient (Wildman–Crippen LogP) is 3.78. The molecular weight excluding hydrogens is 349 g/mol. The first-order valence-electron chi connectivity index (χ1n) is 5.56. The van der Waals surface area contributed by atoms with Gasteiger partial charge in [-0.1, -0.05) is 11.6 Å². The van der Waals surface area contributed by atoms with Crippen LogP contribution in [0.3, 0.4) is 0 Å². The standard InChI is InChI=1S/C13H10BrClFN3O/c1-6-2-10(16)8(14)4-11(6)19-13(20)7-3-9(15)12(17)18-5-7/h2-5H,1H3,(H2,17,18)(H,19,20). The Kier molecular flexibility index (Phi) is 4.25. The maximum Gasteiger partial charge on any atom is 0.257 e. The number of hydrogen-bond donors (Lipinski definition) is 2. The molecule has 0 radical (unpaired) electrons. The second kappa shape index (κ2) is 5.76. The van der Waals surface area contributed by atoms with Crippen LogP contribution in [-0.4, -0.2) is 10.9 Å². The number of aromatic nitrogens is 1. The fourth-order valence-corrected chi connectivity index (χ4v) is 2.06. The van der Waals surface area contributed by atoms with Gasteiger partial charge in [-0.15, -0.1) is 0 Å². The maximum absolute atomic E-state index is 13.3. The summed E-state index contributed by atoms with van der Waals surface area (Å²) in [5, 5.41) is 2.87. The van der Waals surface area contributed by atoms with Crippen molar-refractivity contribution in [3.8, 4) is 0 Å². The Morgan fingerprint density at radius 1 is 1.45 bits per heavy atom. The molecule has 0 fully saturated rings. The molecule has 1 aromatic carbocycles.